The Labute approximate surface area is 130 Å². The first kappa shape index (κ1) is 15.4. The minimum atomic E-state index is -0.559. The van der Waals surface area contributed by atoms with Gasteiger partial charge in [-0.05, 0) is 36.7 Å². The lowest BCUT2D eigenvalue weighted by Gasteiger charge is -2.27. The zero-order valence-corrected chi connectivity index (χ0v) is 14.1. The van der Waals surface area contributed by atoms with E-state index in [1.54, 1.807) is 0 Å². The van der Waals surface area contributed by atoms with Crippen molar-refractivity contribution < 1.29 is 14.3 Å². The highest BCUT2D eigenvalue weighted by molar-refractivity contribution is 9.11. The van der Waals surface area contributed by atoms with Crippen LogP contribution in [0.25, 0.3) is 0 Å². The molecule has 1 aromatic rings. The Hall–Kier alpha value is -0.950. The fourth-order valence-electron chi connectivity index (χ4n) is 2.06. The fraction of sp³-hybridized carbons (Fsp3) is 0.615. The summed E-state index contributed by atoms with van der Waals surface area (Å²) in [4.78, 5) is 29.9. The van der Waals surface area contributed by atoms with Crippen LogP contribution in [0.15, 0.2) is 9.30 Å². The molecular formula is C13H17BrN2O3S. The molecule has 1 fully saturated rings. The number of carbonyl (C=O) groups is 2. The predicted molar refractivity (Wildman–Crippen MR) is 79.9 cm³/mol. The van der Waals surface area contributed by atoms with Crippen molar-refractivity contribution in [2.45, 2.75) is 45.3 Å². The molecule has 0 saturated carbocycles. The molecule has 7 heteroatoms. The van der Waals surface area contributed by atoms with Crippen LogP contribution in [-0.2, 0) is 16.0 Å². The lowest BCUT2D eigenvalue weighted by atomic mass is 10.1. The standard InChI is InChI=1S/C13H17BrN2O3S/c1-13(2,3)19-12(18)16-5-4-10(17)9(16)6-8-7-20-11(14)15-8/h7,9H,4-6H2,1-3H3. The molecule has 2 heterocycles. The van der Waals surface area contributed by atoms with Crippen LogP contribution in [0.1, 0.15) is 32.9 Å². The Kier molecular flexibility index (Phi) is 4.49. The maximum Gasteiger partial charge on any atom is 0.410 e. The van der Waals surface area contributed by atoms with Gasteiger partial charge in [-0.3, -0.25) is 9.69 Å². The van der Waals surface area contributed by atoms with Gasteiger partial charge in [-0.15, -0.1) is 11.3 Å². The summed E-state index contributed by atoms with van der Waals surface area (Å²) in [7, 11) is 0. The zero-order chi connectivity index (χ0) is 14.9. The van der Waals surface area contributed by atoms with Crippen molar-refractivity contribution in [2.24, 2.45) is 0 Å². The molecule has 0 spiro atoms. The van der Waals surface area contributed by atoms with E-state index < -0.39 is 17.7 Å². The second-order valence-electron chi connectivity index (χ2n) is 5.70. The highest BCUT2D eigenvalue weighted by Gasteiger charge is 2.38. The number of halogens is 1. The van der Waals surface area contributed by atoms with Crippen LogP contribution in [0.4, 0.5) is 4.79 Å². The number of nitrogens with zero attached hydrogens (tertiary/aromatic N) is 2. The largest absolute Gasteiger partial charge is 0.444 e. The molecule has 0 N–H and O–H groups in total. The zero-order valence-electron chi connectivity index (χ0n) is 11.7. The van der Waals surface area contributed by atoms with E-state index in [-0.39, 0.29) is 5.78 Å². The number of likely N-dealkylation sites (tertiary alicyclic amines) is 1. The Bertz CT molecular complexity index is 524. The van der Waals surface area contributed by atoms with Crippen LogP contribution in [0, 0.1) is 0 Å². The third-order valence-corrected chi connectivity index (χ3v) is 4.31. The molecule has 1 saturated heterocycles. The number of aromatic nitrogens is 1. The van der Waals surface area contributed by atoms with Crippen LogP contribution in [0.5, 0.6) is 0 Å². The Morgan fingerprint density at radius 2 is 2.30 bits per heavy atom. The van der Waals surface area contributed by atoms with Gasteiger partial charge in [0.2, 0.25) is 0 Å². The lowest BCUT2D eigenvalue weighted by molar-refractivity contribution is -0.120. The van der Waals surface area contributed by atoms with Crippen molar-refractivity contribution in [3.05, 3.63) is 15.0 Å². The second-order valence-corrected chi connectivity index (χ2v) is 7.84. The number of ketones is 1. The first-order valence-corrected chi connectivity index (χ1v) is 8.06. The number of rotatable bonds is 2. The van der Waals surface area contributed by atoms with Gasteiger partial charge < -0.3 is 4.74 Å². The molecule has 2 rings (SSSR count). The maximum absolute atomic E-state index is 12.1. The quantitative estimate of drug-likeness (QED) is 0.813. The summed E-state index contributed by atoms with van der Waals surface area (Å²) < 4.78 is 6.13. The summed E-state index contributed by atoms with van der Waals surface area (Å²) in [6, 6.07) is -0.459. The van der Waals surface area contributed by atoms with E-state index in [1.165, 1.54) is 16.2 Å². The van der Waals surface area contributed by atoms with Crippen molar-refractivity contribution in [1.82, 2.24) is 9.88 Å². The number of ether oxygens (including phenoxy) is 1. The van der Waals surface area contributed by atoms with E-state index in [4.69, 9.17) is 4.74 Å². The predicted octanol–water partition coefficient (Wildman–Crippen LogP) is 3.03. The van der Waals surface area contributed by atoms with Crippen molar-refractivity contribution >= 4 is 39.1 Å². The second kappa shape index (κ2) is 5.81. The molecule has 0 bridgehead atoms. The van der Waals surface area contributed by atoms with E-state index in [2.05, 4.69) is 20.9 Å². The van der Waals surface area contributed by atoms with Gasteiger partial charge in [0.15, 0.2) is 9.70 Å². The Morgan fingerprint density at radius 3 is 2.85 bits per heavy atom. The molecule has 1 aliphatic rings. The number of Topliss-reactive ketones (excluding diaryl/α,β-unsaturated/α-hetero) is 1. The van der Waals surface area contributed by atoms with Gasteiger partial charge in [-0.25, -0.2) is 9.78 Å². The topological polar surface area (TPSA) is 59.5 Å². The number of hydrogen-bond donors (Lipinski definition) is 0. The van der Waals surface area contributed by atoms with E-state index in [0.29, 0.717) is 19.4 Å². The van der Waals surface area contributed by atoms with Crippen molar-refractivity contribution in [2.75, 3.05) is 6.54 Å². The molecule has 1 unspecified atom stereocenters. The number of thiazole rings is 1. The molecule has 20 heavy (non-hydrogen) atoms. The number of carbonyl (C=O) groups excluding carboxylic acids is 2. The summed E-state index contributed by atoms with van der Waals surface area (Å²) in [5.74, 6) is 0.0694. The normalized spacial score (nSPS) is 19.5. The average Bonchev–Trinajstić information content (AvgIpc) is 2.85. The molecule has 1 aromatic heterocycles. The van der Waals surface area contributed by atoms with E-state index in [0.717, 1.165) is 9.61 Å². The molecule has 0 aromatic carbocycles. The third kappa shape index (κ3) is 3.79. The van der Waals surface area contributed by atoms with Crippen LogP contribution in [0.2, 0.25) is 0 Å². The molecule has 0 radical (unpaired) electrons. The van der Waals surface area contributed by atoms with Crippen molar-refractivity contribution in [3.63, 3.8) is 0 Å². The van der Waals surface area contributed by atoms with Gasteiger partial charge in [-0.1, -0.05) is 0 Å². The molecule has 0 aliphatic carbocycles. The molecule has 1 aliphatic heterocycles. The highest BCUT2D eigenvalue weighted by Crippen LogP contribution is 2.23. The first-order chi connectivity index (χ1) is 9.26. The molecular weight excluding hydrogens is 344 g/mol. The summed E-state index contributed by atoms with van der Waals surface area (Å²) in [6.45, 7) is 5.86. The first-order valence-electron chi connectivity index (χ1n) is 6.38. The lowest BCUT2D eigenvalue weighted by Crippen LogP contribution is -2.42. The Balaban J connectivity index is 2.08. The number of amides is 1. The van der Waals surface area contributed by atoms with Gasteiger partial charge in [-0.2, -0.15) is 0 Å². The molecule has 5 nitrogen and oxygen atoms in total. The van der Waals surface area contributed by atoms with Gasteiger partial charge >= 0.3 is 6.09 Å². The summed E-state index contributed by atoms with van der Waals surface area (Å²) in [5, 5.41) is 1.89. The minimum absolute atomic E-state index is 0.0694. The smallest absolute Gasteiger partial charge is 0.410 e. The van der Waals surface area contributed by atoms with E-state index in [9.17, 15) is 9.59 Å². The Morgan fingerprint density at radius 1 is 1.60 bits per heavy atom. The summed E-state index contributed by atoms with van der Waals surface area (Å²) in [6.07, 6.45) is 0.401. The average molecular weight is 361 g/mol. The van der Waals surface area contributed by atoms with Gasteiger partial charge in [0, 0.05) is 24.8 Å². The molecule has 1 atom stereocenters. The monoisotopic (exact) mass is 360 g/mol. The summed E-state index contributed by atoms with van der Waals surface area (Å²) >= 11 is 4.77. The fourth-order valence-corrected chi connectivity index (χ4v) is 3.12. The summed E-state index contributed by atoms with van der Waals surface area (Å²) in [5.41, 5.74) is 0.257. The van der Waals surface area contributed by atoms with Crippen molar-refractivity contribution in [1.29, 1.82) is 0 Å². The molecule has 110 valence electrons. The maximum atomic E-state index is 12.1. The minimum Gasteiger partial charge on any atom is -0.444 e. The molecule has 1 amide bonds. The van der Waals surface area contributed by atoms with Gasteiger partial charge in [0.25, 0.3) is 0 Å². The van der Waals surface area contributed by atoms with Crippen LogP contribution in [0.3, 0.4) is 0 Å². The highest BCUT2D eigenvalue weighted by atomic mass is 79.9. The van der Waals surface area contributed by atoms with Crippen LogP contribution < -0.4 is 0 Å². The number of hydrogen-bond acceptors (Lipinski definition) is 5. The third-order valence-electron chi connectivity index (χ3n) is 2.90. The van der Waals surface area contributed by atoms with Crippen LogP contribution >= 0.6 is 27.3 Å². The van der Waals surface area contributed by atoms with Gasteiger partial charge in [0.1, 0.15) is 5.60 Å². The SMILES string of the molecule is CC(C)(C)OC(=O)N1CCC(=O)C1Cc1csc(Br)n1. The van der Waals surface area contributed by atoms with Gasteiger partial charge in [0.05, 0.1) is 11.7 Å². The van der Waals surface area contributed by atoms with Crippen LogP contribution in [-0.4, -0.2) is 39.9 Å². The van der Waals surface area contributed by atoms with E-state index >= 15 is 0 Å². The van der Waals surface area contributed by atoms with E-state index in [1.807, 2.05) is 26.2 Å². The van der Waals surface area contributed by atoms with Crippen molar-refractivity contribution in [3.8, 4) is 0 Å².